The maximum absolute atomic E-state index is 11.7. The summed E-state index contributed by atoms with van der Waals surface area (Å²) >= 11 is 0. The molecule has 0 aliphatic carbocycles. The first-order chi connectivity index (χ1) is 7.72. The van der Waals surface area contributed by atoms with Crippen LogP contribution < -0.4 is 10.6 Å². The summed E-state index contributed by atoms with van der Waals surface area (Å²) in [5, 5.41) is 12.8. The van der Waals surface area contributed by atoms with Gasteiger partial charge in [-0.05, 0) is 6.42 Å². The maximum Gasteiger partial charge on any atom is 0.390 e. The van der Waals surface area contributed by atoms with Crippen LogP contribution >= 0.6 is 0 Å². The van der Waals surface area contributed by atoms with Crippen LogP contribution in [0.2, 0.25) is 0 Å². The molecule has 0 saturated carbocycles. The van der Waals surface area contributed by atoms with Crippen LogP contribution in [0.5, 0.6) is 0 Å². The van der Waals surface area contributed by atoms with Crippen molar-refractivity contribution in [2.45, 2.75) is 25.9 Å². The molecule has 0 aromatic rings. The average molecular weight is 256 g/mol. The summed E-state index contributed by atoms with van der Waals surface area (Å²) in [5.74, 6) is -1.59. The number of aliphatic carboxylic acids is 1. The van der Waals surface area contributed by atoms with Crippen molar-refractivity contribution in [2.75, 3.05) is 13.1 Å². The molecule has 0 radical (unpaired) electrons. The third kappa shape index (κ3) is 9.46. The zero-order chi connectivity index (χ0) is 13.5. The molecule has 2 amide bonds. The van der Waals surface area contributed by atoms with E-state index in [1.807, 2.05) is 5.32 Å². The van der Waals surface area contributed by atoms with Crippen LogP contribution in [0.3, 0.4) is 0 Å². The van der Waals surface area contributed by atoms with Gasteiger partial charge >= 0.3 is 18.2 Å². The predicted octanol–water partition coefficient (Wildman–Crippen LogP) is 1.35. The number of alkyl halides is 3. The van der Waals surface area contributed by atoms with E-state index in [-0.39, 0.29) is 13.0 Å². The highest BCUT2D eigenvalue weighted by atomic mass is 19.4. The number of rotatable bonds is 6. The molecule has 0 spiro atoms. The molecule has 3 N–H and O–H groups in total. The van der Waals surface area contributed by atoms with Gasteiger partial charge in [0.1, 0.15) is 0 Å². The van der Waals surface area contributed by atoms with Crippen LogP contribution in [0.25, 0.3) is 0 Å². The Morgan fingerprint density at radius 2 is 1.76 bits per heavy atom. The molecule has 0 aromatic carbocycles. The van der Waals surface area contributed by atoms with E-state index in [0.717, 1.165) is 0 Å². The number of carboxylic acids is 1. The molecule has 0 heterocycles. The molecule has 0 fully saturated rings. The van der Waals surface area contributed by atoms with Crippen molar-refractivity contribution in [3.05, 3.63) is 0 Å². The monoisotopic (exact) mass is 256 g/mol. The van der Waals surface area contributed by atoms with Crippen LogP contribution in [0.1, 0.15) is 19.8 Å². The van der Waals surface area contributed by atoms with Gasteiger partial charge in [0.25, 0.3) is 0 Å². The maximum atomic E-state index is 11.7. The molecule has 0 aromatic heterocycles. The number of carbonyl (C=O) groups is 2. The molecule has 8 heteroatoms. The Morgan fingerprint density at radius 3 is 2.24 bits per heavy atom. The van der Waals surface area contributed by atoms with Gasteiger partial charge in [-0.25, -0.2) is 4.79 Å². The summed E-state index contributed by atoms with van der Waals surface area (Å²) in [5.41, 5.74) is 0. The standard InChI is InChI=1S/C9H15F3N2O3/c1-6(7(15)16)2-4-13-8(17)14-5-3-9(10,11)12/h6H,2-5H2,1H3,(H,15,16)(H2,13,14,17). The molecule has 5 nitrogen and oxygen atoms in total. The lowest BCUT2D eigenvalue weighted by Gasteiger charge is -2.10. The zero-order valence-corrected chi connectivity index (χ0v) is 9.30. The summed E-state index contributed by atoms with van der Waals surface area (Å²) < 4.78 is 35.1. The van der Waals surface area contributed by atoms with Gasteiger partial charge in [0.15, 0.2) is 0 Å². The highest BCUT2D eigenvalue weighted by molar-refractivity contribution is 5.74. The van der Waals surface area contributed by atoms with Gasteiger partial charge in [-0.1, -0.05) is 6.92 Å². The van der Waals surface area contributed by atoms with Crippen LogP contribution in [0.4, 0.5) is 18.0 Å². The van der Waals surface area contributed by atoms with Gasteiger partial charge in [-0.15, -0.1) is 0 Å². The second kappa shape index (κ2) is 6.97. The molecular weight excluding hydrogens is 241 g/mol. The lowest BCUT2D eigenvalue weighted by atomic mass is 10.1. The van der Waals surface area contributed by atoms with E-state index in [1.54, 1.807) is 0 Å². The quantitative estimate of drug-likeness (QED) is 0.671. The Morgan fingerprint density at radius 1 is 1.24 bits per heavy atom. The zero-order valence-electron chi connectivity index (χ0n) is 9.30. The van der Waals surface area contributed by atoms with Gasteiger partial charge in [-0.3, -0.25) is 4.79 Å². The Balaban J connectivity index is 3.57. The first-order valence-corrected chi connectivity index (χ1v) is 5.03. The normalized spacial score (nSPS) is 12.9. The second-order valence-electron chi connectivity index (χ2n) is 3.58. The summed E-state index contributed by atoms with van der Waals surface area (Å²) in [6.45, 7) is 1.08. The predicted molar refractivity (Wildman–Crippen MR) is 53.5 cm³/mol. The number of carboxylic acid groups (broad SMARTS) is 1. The SMILES string of the molecule is CC(CCNC(=O)NCCC(F)(F)F)C(=O)O. The largest absolute Gasteiger partial charge is 0.481 e. The number of carbonyl (C=O) groups excluding carboxylic acids is 1. The molecular formula is C9H15F3N2O3. The first-order valence-electron chi connectivity index (χ1n) is 5.03. The van der Waals surface area contributed by atoms with Crippen molar-refractivity contribution in [3.63, 3.8) is 0 Å². The number of hydrogen-bond donors (Lipinski definition) is 3. The third-order valence-corrected chi connectivity index (χ3v) is 1.98. The van der Waals surface area contributed by atoms with Crippen molar-refractivity contribution in [1.29, 1.82) is 0 Å². The van der Waals surface area contributed by atoms with Crippen molar-refractivity contribution >= 4 is 12.0 Å². The van der Waals surface area contributed by atoms with Crippen LogP contribution in [-0.4, -0.2) is 36.4 Å². The smallest absolute Gasteiger partial charge is 0.390 e. The van der Waals surface area contributed by atoms with E-state index in [2.05, 4.69) is 5.32 Å². The van der Waals surface area contributed by atoms with E-state index in [9.17, 15) is 22.8 Å². The van der Waals surface area contributed by atoms with Crippen molar-refractivity contribution in [3.8, 4) is 0 Å². The molecule has 0 aliphatic heterocycles. The second-order valence-corrected chi connectivity index (χ2v) is 3.58. The van der Waals surface area contributed by atoms with Crippen molar-refractivity contribution in [1.82, 2.24) is 10.6 Å². The number of urea groups is 1. The number of nitrogens with one attached hydrogen (secondary N) is 2. The van der Waals surface area contributed by atoms with Gasteiger partial charge in [0.05, 0.1) is 12.3 Å². The average Bonchev–Trinajstić information content (AvgIpc) is 2.15. The van der Waals surface area contributed by atoms with Crippen LogP contribution in [-0.2, 0) is 4.79 Å². The minimum absolute atomic E-state index is 0.102. The summed E-state index contributed by atoms with van der Waals surface area (Å²) in [7, 11) is 0. The molecule has 0 rings (SSSR count). The highest BCUT2D eigenvalue weighted by Crippen LogP contribution is 2.17. The van der Waals surface area contributed by atoms with Crippen LogP contribution in [0, 0.1) is 5.92 Å². The van der Waals surface area contributed by atoms with E-state index < -0.39 is 37.1 Å². The molecule has 0 aliphatic rings. The van der Waals surface area contributed by atoms with Crippen LogP contribution in [0.15, 0.2) is 0 Å². The Hall–Kier alpha value is -1.47. The van der Waals surface area contributed by atoms with Gasteiger partial charge in [0, 0.05) is 13.1 Å². The molecule has 1 atom stereocenters. The van der Waals surface area contributed by atoms with E-state index >= 15 is 0 Å². The Kier molecular flexibility index (Phi) is 6.37. The molecule has 1 unspecified atom stereocenters. The molecule has 17 heavy (non-hydrogen) atoms. The van der Waals surface area contributed by atoms with E-state index in [1.165, 1.54) is 6.92 Å². The minimum atomic E-state index is -4.30. The van der Waals surface area contributed by atoms with Gasteiger partial charge in [0.2, 0.25) is 0 Å². The summed E-state index contributed by atoms with van der Waals surface area (Å²) in [4.78, 5) is 21.3. The number of halogens is 3. The fourth-order valence-corrected chi connectivity index (χ4v) is 0.906. The fraction of sp³-hybridized carbons (Fsp3) is 0.778. The summed E-state index contributed by atoms with van der Waals surface area (Å²) in [6.07, 6.45) is -5.17. The molecule has 100 valence electrons. The van der Waals surface area contributed by atoms with E-state index in [0.29, 0.717) is 0 Å². The Bertz CT molecular complexity index is 269. The highest BCUT2D eigenvalue weighted by Gasteiger charge is 2.26. The number of hydrogen-bond acceptors (Lipinski definition) is 2. The third-order valence-electron chi connectivity index (χ3n) is 1.98. The van der Waals surface area contributed by atoms with Gasteiger partial charge in [-0.2, -0.15) is 13.2 Å². The number of amides is 2. The van der Waals surface area contributed by atoms with Gasteiger partial charge < -0.3 is 15.7 Å². The topological polar surface area (TPSA) is 78.4 Å². The van der Waals surface area contributed by atoms with Crippen molar-refractivity contribution < 1.29 is 27.9 Å². The molecule has 0 saturated heterocycles. The lowest BCUT2D eigenvalue weighted by Crippen LogP contribution is -2.38. The molecule has 0 bridgehead atoms. The lowest BCUT2D eigenvalue weighted by molar-refractivity contribution is -0.141. The first kappa shape index (κ1) is 15.5. The summed E-state index contributed by atoms with van der Waals surface area (Å²) in [6, 6.07) is -0.730. The Labute approximate surface area is 96.4 Å². The fourth-order valence-electron chi connectivity index (χ4n) is 0.906. The van der Waals surface area contributed by atoms with Crippen molar-refractivity contribution in [2.24, 2.45) is 5.92 Å². The minimum Gasteiger partial charge on any atom is -0.481 e. The van der Waals surface area contributed by atoms with E-state index in [4.69, 9.17) is 5.11 Å².